The lowest BCUT2D eigenvalue weighted by molar-refractivity contribution is 0.0952. The number of H-pyrrole nitrogens is 1. The summed E-state index contributed by atoms with van der Waals surface area (Å²) in [5.74, 6) is 1.08. The number of aromatic amines is 1. The lowest BCUT2D eigenvalue weighted by Gasteiger charge is -2.40. The average molecular weight is 557 g/mol. The van der Waals surface area contributed by atoms with Crippen LogP contribution in [0.15, 0.2) is 47.2 Å². The number of likely N-dealkylation sites (N-methyl/N-ethyl adjacent to an activating group) is 2. The van der Waals surface area contributed by atoms with Crippen molar-refractivity contribution in [2.75, 3.05) is 46.8 Å². The van der Waals surface area contributed by atoms with E-state index in [1.54, 1.807) is 0 Å². The number of nitrogens with zero attached hydrogens (tertiary/aromatic N) is 4. The Kier molecular flexibility index (Phi) is 8.13. The largest absolute Gasteiger partial charge is 0.357 e. The summed E-state index contributed by atoms with van der Waals surface area (Å²) in [7, 11) is 4.32. The molecule has 4 heterocycles. The van der Waals surface area contributed by atoms with Gasteiger partial charge in [-0.2, -0.15) is 0 Å². The standard InChI is InChI=1S/C33H44N6O2/c1-8-24-15-23(5)35-33(41)28(24)18-34-32(40)27-16-26(17-29-31(27)22(4)19-39(29)21(2)3)25-9-10-30(37(7)20-25)38-13-11-36(6)12-14-38/h9-10,15-17,19,21H,8,11-14,18,20H2,1-7H3,(H,34,40)(H,35,41). The number of hydrogen-bond donors (Lipinski definition) is 2. The lowest BCUT2D eigenvalue weighted by atomic mass is 9.96. The van der Waals surface area contributed by atoms with Gasteiger partial charge in [0.2, 0.25) is 0 Å². The third-order valence-corrected chi connectivity index (χ3v) is 8.52. The number of piperazine rings is 1. The highest BCUT2D eigenvalue weighted by molar-refractivity contribution is 6.09. The quantitative estimate of drug-likeness (QED) is 0.450. The number of pyridine rings is 1. The van der Waals surface area contributed by atoms with Crippen LogP contribution in [0.4, 0.5) is 0 Å². The monoisotopic (exact) mass is 556 g/mol. The summed E-state index contributed by atoms with van der Waals surface area (Å²) in [4.78, 5) is 36.6. The summed E-state index contributed by atoms with van der Waals surface area (Å²) in [6.07, 6.45) is 7.31. The number of allylic oxidation sites excluding steroid dienone is 2. The summed E-state index contributed by atoms with van der Waals surface area (Å²) in [6, 6.07) is 6.50. The Morgan fingerprint density at radius 3 is 2.44 bits per heavy atom. The molecule has 41 heavy (non-hydrogen) atoms. The maximum absolute atomic E-state index is 13.8. The highest BCUT2D eigenvalue weighted by Gasteiger charge is 2.24. The lowest BCUT2D eigenvalue weighted by Crippen LogP contribution is -2.47. The number of aromatic nitrogens is 2. The zero-order chi connectivity index (χ0) is 29.4. The molecule has 2 N–H and O–H groups in total. The zero-order valence-electron chi connectivity index (χ0n) is 25.6. The first kappa shape index (κ1) is 28.7. The van der Waals surface area contributed by atoms with E-state index in [0.29, 0.717) is 11.1 Å². The second kappa shape index (κ2) is 11.6. The van der Waals surface area contributed by atoms with E-state index in [2.05, 4.69) is 88.8 Å². The molecular weight excluding hydrogens is 512 g/mol. The summed E-state index contributed by atoms with van der Waals surface area (Å²) in [5.41, 5.74) is 7.27. The number of amides is 1. The van der Waals surface area contributed by atoms with Gasteiger partial charge in [0.25, 0.3) is 11.5 Å². The first-order chi connectivity index (χ1) is 19.6. The van der Waals surface area contributed by atoms with Crippen LogP contribution in [0.5, 0.6) is 0 Å². The Morgan fingerprint density at radius 2 is 1.78 bits per heavy atom. The number of benzene rings is 1. The second-order valence-corrected chi connectivity index (χ2v) is 11.9. The predicted octanol–water partition coefficient (Wildman–Crippen LogP) is 4.44. The molecule has 0 unspecified atom stereocenters. The molecular formula is C33H44N6O2. The van der Waals surface area contributed by atoms with Crippen LogP contribution in [0.1, 0.15) is 65.1 Å². The van der Waals surface area contributed by atoms with Gasteiger partial charge in [-0.25, -0.2) is 0 Å². The molecule has 0 atom stereocenters. The van der Waals surface area contributed by atoms with E-state index in [0.717, 1.165) is 72.4 Å². The molecule has 0 saturated carbocycles. The number of rotatable bonds is 7. The van der Waals surface area contributed by atoms with Crippen LogP contribution in [0.25, 0.3) is 16.5 Å². The van der Waals surface area contributed by atoms with Crippen LogP contribution in [0, 0.1) is 13.8 Å². The number of nitrogens with one attached hydrogen (secondary N) is 2. The summed E-state index contributed by atoms with van der Waals surface area (Å²) in [5, 5.41) is 4.04. The highest BCUT2D eigenvalue weighted by atomic mass is 16.1. The van der Waals surface area contributed by atoms with Gasteiger partial charge in [0.15, 0.2) is 0 Å². The van der Waals surface area contributed by atoms with Crippen molar-refractivity contribution in [2.24, 2.45) is 0 Å². The summed E-state index contributed by atoms with van der Waals surface area (Å²) < 4.78 is 2.25. The normalized spacial score (nSPS) is 16.4. The molecule has 1 fully saturated rings. The Morgan fingerprint density at radius 1 is 1.05 bits per heavy atom. The van der Waals surface area contributed by atoms with Gasteiger partial charge >= 0.3 is 0 Å². The fourth-order valence-corrected chi connectivity index (χ4v) is 6.20. The SMILES string of the molecule is CCc1cc(C)[nH]c(=O)c1CNC(=O)c1cc(C2=CC=C(N3CCN(C)CC3)N(C)C2)cc2c1c(C)cn2C(C)C. The molecule has 1 saturated heterocycles. The molecule has 8 heteroatoms. The van der Waals surface area contributed by atoms with Crippen LogP contribution >= 0.6 is 0 Å². The van der Waals surface area contributed by atoms with Crippen molar-refractivity contribution >= 4 is 22.4 Å². The summed E-state index contributed by atoms with van der Waals surface area (Å²) >= 11 is 0. The maximum Gasteiger partial charge on any atom is 0.253 e. The predicted molar refractivity (Wildman–Crippen MR) is 167 cm³/mol. The third kappa shape index (κ3) is 5.71. The molecule has 2 aliphatic rings. The maximum atomic E-state index is 13.8. The van der Waals surface area contributed by atoms with Crippen molar-refractivity contribution in [3.05, 3.63) is 86.2 Å². The van der Waals surface area contributed by atoms with Crippen LogP contribution in [-0.2, 0) is 13.0 Å². The molecule has 5 rings (SSSR count). The van der Waals surface area contributed by atoms with E-state index in [-0.39, 0.29) is 24.1 Å². The molecule has 0 bridgehead atoms. The van der Waals surface area contributed by atoms with Gasteiger partial charge in [-0.1, -0.05) is 13.0 Å². The molecule has 0 radical (unpaired) electrons. The van der Waals surface area contributed by atoms with Crippen molar-refractivity contribution in [2.45, 2.75) is 53.6 Å². The first-order valence-corrected chi connectivity index (χ1v) is 14.8. The molecule has 8 nitrogen and oxygen atoms in total. The van der Waals surface area contributed by atoms with Gasteiger partial charge in [0.05, 0.1) is 0 Å². The van der Waals surface area contributed by atoms with Crippen LogP contribution < -0.4 is 10.9 Å². The van der Waals surface area contributed by atoms with E-state index in [1.807, 2.05) is 26.0 Å². The minimum atomic E-state index is -0.165. The molecule has 1 aromatic carbocycles. The van der Waals surface area contributed by atoms with E-state index in [1.165, 1.54) is 11.4 Å². The minimum Gasteiger partial charge on any atom is -0.357 e. The van der Waals surface area contributed by atoms with E-state index < -0.39 is 0 Å². The number of carbonyl (C=O) groups is 1. The van der Waals surface area contributed by atoms with Crippen LogP contribution in [0.2, 0.25) is 0 Å². The van der Waals surface area contributed by atoms with Gasteiger partial charge in [0.1, 0.15) is 5.82 Å². The van der Waals surface area contributed by atoms with Gasteiger partial charge in [-0.15, -0.1) is 0 Å². The molecule has 0 aliphatic carbocycles. The Balaban J connectivity index is 1.52. The van der Waals surface area contributed by atoms with Gasteiger partial charge in [0, 0.05) is 86.3 Å². The Hall–Kier alpha value is -3.78. The topological polar surface area (TPSA) is 76.6 Å². The van der Waals surface area contributed by atoms with Crippen molar-refractivity contribution in [1.82, 2.24) is 29.6 Å². The van der Waals surface area contributed by atoms with Crippen LogP contribution in [-0.4, -0.2) is 77.0 Å². The average Bonchev–Trinajstić information content (AvgIpc) is 3.28. The number of aryl methyl sites for hydroxylation is 3. The van der Waals surface area contributed by atoms with Gasteiger partial charge in [-0.3, -0.25) is 9.59 Å². The van der Waals surface area contributed by atoms with Gasteiger partial charge in [-0.05, 0) is 87.7 Å². The van der Waals surface area contributed by atoms with Crippen molar-refractivity contribution < 1.29 is 4.79 Å². The number of carbonyl (C=O) groups excluding carboxylic acids is 1. The summed E-state index contributed by atoms with van der Waals surface area (Å²) in [6.45, 7) is 15.5. The Bertz CT molecular complexity index is 1580. The first-order valence-electron chi connectivity index (χ1n) is 14.8. The third-order valence-electron chi connectivity index (χ3n) is 8.52. The Labute approximate surface area is 243 Å². The molecule has 2 aliphatic heterocycles. The van der Waals surface area contributed by atoms with E-state index in [4.69, 9.17) is 0 Å². The van der Waals surface area contributed by atoms with Crippen molar-refractivity contribution in [1.29, 1.82) is 0 Å². The smallest absolute Gasteiger partial charge is 0.253 e. The number of fused-ring (bicyclic) bond motifs is 1. The molecule has 3 aromatic rings. The molecule has 1 amide bonds. The minimum absolute atomic E-state index is 0.137. The zero-order valence-corrected chi connectivity index (χ0v) is 25.6. The fraction of sp³-hybridized carbons (Fsp3) is 0.455. The highest BCUT2D eigenvalue weighted by Crippen LogP contribution is 2.33. The number of hydrogen-bond acceptors (Lipinski definition) is 5. The van der Waals surface area contributed by atoms with Crippen molar-refractivity contribution in [3.8, 4) is 0 Å². The molecule has 218 valence electrons. The van der Waals surface area contributed by atoms with E-state index in [9.17, 15) is 9.59 Å². The van der Waals surface area contributed by atoms with Gasteiger partial charge < -0.3 is 29.6 Å². The van der Waals surface area contributed by atoms with Crippen LogP contribution in [0.3, 0.4) is 0 Å². The molecule has 0 spiro atoms. The molecule has 2 aromatic heterocycles. The van der Waals surface area contributed by atoms with E-state index >= 15 is 0 Å². The second-order valence-electron chi connectivity index (χ2n) is 11.9. The van der Waals surface area contributed by atoms with Crippen molar-refractivity contribution in [3.63, 3.8) is 0 Å². The fourth-order valence-electron chi connectivity index (χ4n) is 6.20.